The summed E-state index contributed by atoms with van der Waals surface area (Å²) in [4.78, 5) is 21.0. The number of carbonyl (C=O) groups is 1. The Morgan fingerprint density at radius 3 is 2.26 bits per heavy atom. The van der Waals surface area contributed by atoms with E-state index < -0.39 is 0 Å². The van der Waals surface area contributed by atoms with Crippen molar-refractivity contribution < 1.29 is 9.53 Å². The lowest BCUT2D eigenvalue weighted by Gasteiger charge is -2.13. The quantitative estimate of drug-likeness (QED) is 0.703. The number of nitrogens with one attached hydrogen (secondary N) is 2. The highest BCUT2D eigenvalue weighted by Crippen LogP contribution is 2.25. The summed E-state index contributed by atoms with van der Waals surface area (Å²) in [6.45, 7) is 5.99. The summed E-state index contributed by atoms with van der Waals surface area (Å²) in [5, 5.41) is 6.03. The van der Waals surface area contributed by atoms with Crippen LogP contribution in [0.25, 0.3) is 0 Å². The van der Waals surface area contributed by atoms with Crippen LogP contribution in [0.5, 0.6) is 5.75 Å². The van der Waals surface area contributed by atoms with Gasteiger partial charge in [-0.2, -0.15) is 0 Å². The zero-order valence-electron chi connectivity index (χ0n) is 15.8. The summed E-state index contributed by atoms with van der Waals surface area (Å²) in [5.41, 5.74) is 5.18. The molecule has 0 aliphatic rings. The molecule has 0 atom stereocenters. The van der Waals surface area contributed by atoms with Crippen molar-refractivity contribution in [3.05, 3.63) is 71.0 Å². The number of rotatable bonds is 5. The third-order valence-corrected chi connectivity index (χ3v) is 4.18. The van der Waals surface area contributed by atoms with Gasteiger partial charge in [0.05, 0.1) is 18.4 Å². The number of ether oxygens (including phenoxy) is 1. The predicted octanol–water partition coefficient (Wildman–Crippen LogP) is 4.41. The largest absolute Gasteiger partial charge is 0.495 e. The van der Waals surface area contributed by atoms with Gasteiger partial charge in [-0.25, -0.2) is 9.97 Å². The van der Waals surface area contributed by atoms with Gasteiger partial charge >= 0.3 is 0 Å². The molecule has 0 aliphatic carbocycles. The number of hydrogen-bond acceptors (Lipinski definition) is 5. The van der Waals surface area contributed by atoms with Crippen LogP contribution in [-0.4, -0.2) is 23.0 Å². The Hall–Kier alpha value is -3.41. The third kappa shape index (κ3) is 4.23. The number of aromatic nitrogens is 2. The van der Waals surface area contributed by atoms with E-state index >= 15 is 0 Å². The number of hydrogen-bond donors (Lipinski definition) is 2. The van der Waals surface area contributed by atoms with Gasteiger partial charge in [0.15, 0.2) is 0 Å². The highest BCUT2D eigenvalue weighted by atomic mass is 16.5. The van der Waals surface area contributed by atoms with Gasteiger partial charge in [0.1, 0.15) is 5.75 Å². The minimum absolute atomic E-state index is 0.242. The Kier molecular flexibility index (Phi) is 5.35. The number of amides is 1. The molecule has 2 aromatic carbocycles. The molecule has 2 N–H and O–H groups in total. The minimum Gasteiger partial charge on any atom is -0.495 e. The van der Waals surface area contributed by atoms with Crippen molar-refractivity contribution in [2.24, 2.45) is 0 Å². The molecule has 0 radical (unpaired) electrons. The average Bonchev–Trinajstić information content (AvgIpc) is 2.65. The van der Waals surface area contributed by atoms with E-state index in [0.29, 0.717) is 17.3 Å². The number of aryl methyl sites for hydroxylation is 3. The summed E-state index contributed by atoms with van der Waals surface area (Å²) in [6.07, 6.45) is 3.00. The number of nitrogens with zero attached hydrogens (tertiary/aromatic N) is 2. The van der Waals surface area contributed by atoms with Gasteiger partial charge in [-0.3, -0.25) is 4.79 Å². The number of methoxy groups -OCH3 is 1. The lowest BCUT2D eigenvalue weighted by atomic mass is 10.0. The fraction of sp³-hybridized carbons (Fsp3) is 0.190. The first-order chi connectivity index (χ1) is 13.0. The molecule has 27 heavy (non-hydrogen) atoms. The van der Waals surface area contributed by atoms with Crippen molar-refractivity contribution in [2.45, 2.75) is 20.8 Å². The molecule has 1 amide bonds. The van der Waals surface area contributed by atoms with Crippen LogP contribution in [0.15, 0.2) is 48.8 Å². The first-order valence-electron chi connectivity index (χ1n) is 8.59. The molecule has 0 fully saturated rings. The fourth-order valence-electron chi connectivity index (χ4n) is 2.94. The molecule has 0 saturated carbocycles. The van der Waals surface area contributed by atoms with Crippen molar-refractivity contribution in [1.29, 1.82) is 0 Å². The van der Waals surface area contributed by atoms with Crippen LogP contribution >= 0.6 is 0 Å². The van der Waals surface area contributed by atoms with Gasteiger partial charge < -0.3 is 15.4 Å². The van der Waals surface area contributed by atoms with E-state index in [1.54, 1.807) is 7.11 Å². The highest BCUT2D eigenvalue weighted by Gasteiger charge is 2.12. The van der Waals surface area contributed by atoms with Crippen molar-refractivity contribution >= 4 is 23.2 Å². The Morgan fingerprint density at radius 2 is 1.63 bits per heavy atom. The van der Waals surface area contributed by atoms with Gasteiger partial charge in [0.2, 0.25) is 5.95 Å². The summed E-state index contributed by atoms with van der Waals surface area (Å²) < 4.78 is 5.29. The second kappa shape index (κ2) is 7.86. The molecular weight excluding hydrogens is 340 g/mol. The van der Waals surface area contributed by atoms with Crippen LogP contribution in [0.2, 0.25) is 0 Å². The second-order valence-corrected chi connectivity index (χ2v) is 6.35. The summed E-state index contributed by atoms with van der Waals surface area (Å²) in [7, 11) is 1.60. The molecule has 1 aromatic heterocycles. The summed E-state index contributed by atoms with van der Waals surface area (Å²) >= 11 is 0. The SMILES string of the molecule is COc1ccccc1Nc1ncc(C(=O)Nc2c(C)cc(C)cc2C)cn1. The first kappa shape index (κ1) is 18.4. The maximum Gasteiger partial charge on any atom is 0.258 e. The summed E-state index contributed by atoms with van der Waals surface area (Å²) in [6, 6.07) is 11.6. The highest BCUT2D eigenvalue weighted by molar-refractivity contribution is 6.04. The van der Waals surface area contributed by atoms with E-state index in [2.05, 4.69) is 20.6 Å². The van der Waals surface area contributed by atoms with Crippen LogP contribution in [-0.2, 0) is 0 Å². The van der Waals surface area contributed by atoms with Gasteiger partial charge in [0.25, 0.3) is 5.91 Å². The Morgan fingerprint density at radius 1 is 1.00 bits per heavy atom. The van der Waals surface area contributed by atoms with Crippen molar-refractivity contribution in [1.82, 2.24) is 9.97 Å². The second-order valence-electron chi connectivity index (χ2n) is 6.35. The van der Waals surface area contributed by atoms with Crippen LogP contribution in [0.4, 0.5) is 17.3 Å². The number of para-hydroxylation sites is 2. The van der Waals surface area contributed by atoms with E-state index in [-0.39, 0.29) is 5.91 Å². The molecular formula is C21H22N4O2. The standard InChI is InChI=1S/C21H22N4O2/c1-13-9-14(2)19(15(3)10-13)25-20(26)16-11-22-21(23-12-16)24-17-7-5-6-8-18(17)27-4/h5-12H,1-4H3,(H,25,26)(H,22,23,24). The molecule has 1 heterocycles. The minimum atomic E-state index is -0.242. The lowest BCUT2D eigenvalue weighted by molar-refractivity contribution is 0.102. The number of benzene rings is 2. The van der Waals surface area contributed by atoms with Gasteiger partial charge in [-0.15, -0.1) is 0 Å². The molecule has 138 valence electrons. The third-order valence-electron chi connectivity index (χ3n) is 4.18. The number of anilines is 3. The molecule has 6 nitrogen and oxygen atoms in total. The smallest absolute Gasteiger partial charge is 0.258 e. The Bertz CT molecular complexity index is 945. The van der Waals surface area contributed by atoms with E-state index in [9.17, 15) is 4.79 Å². The van der Waals surface area contributed by atoms with E-state index in [4.69, 9.17) is 4.74 Å². The predicted molar refractivity (Wildman–Crippen MR) is 107 cm³/mol. The maximum atomic E-state index is 12.5. The van der Waals surface area contributed by atoms with Crippen LogP contribution < -0.4 is 15.4 Å². The van der Waals surface area contributed by atoms with Crippen LogP contribution in [0, 0.1) is 20.8 Å². The molecule has 0 unspecified atom stereocenters. The number of carbonyl (C=O) groups excluding carboxylic acids is 1. The Balaban J connectivity index is 1.74. The fourth-order valence-corrected chi connectivity index (χ4v) is 2.94. The zero-order chi connectivity index (χ0) is 19.4. The zero-order valence-corrected chi connectivity index (χ0v) is 15.8. The first-order valence-corrected chi connectivity index (χ1v) is 8.59. The molecule has 0 spiro atoms. The lowest BCUT2D eigenvalue weighted by Crippen LogP contribution is -2.15. The van der Waals surface area contributed by atoms with Gasteiger partial charge in [-0.05, 0) is 44.0 Å². The van der Waals surface area contributed by atoms with Gasteiger partial charge in [-0.1, -0.05) is 29.8 Å². The average molecular weight is 362 g/mol. The van der Waals surface area contributed by atoms with Crippen molar-refractivity contribution in [2.75, 3.05) is 17.7 Å². The monoisotopic (exact) mass is 362 g/mol. The van der Waals surface area contributed by atoms with E-state index in [1.807, 2.05) is 57.2 Å². The van der Waals surface area contributed by atoms with Crippen LogP contribution in [0.1, 0.15) is 27.0 Å². The molecule has 3 rings (SSSR count). The molecule has 6 heteroatoms. The van der Waals surface area contributed by atoms with Gasteiger partial charge in [0, 0.05) is 18.1 Å². The van der Waals surface area contributed by atoms with E-state index in [0.717, 1.165) is 28.1 Å². The Labute approximate surface area is 158 Å². The molecule has 0 saturated heterocycles. The summed E-state index contributed by atoms with van der Waals surface area (Å²) in [5.74, 6) is 0.834. The molecule has 0 aliphatic heterocycles. The van der Waals surface area contributed by atoms with Crippen molar-refractivity contribution in [3.8, 4) is 5.75 Å². The topological polar surface area (TPSA) is 76.1 Å². The van der Waals surface area contributed by atoms with E-state index in [1.165, 1.54) is 12.4 Å². The molecule has 0 bridgehead atoms. The maximum absolute atomic E-state index is 12.5. The molecule has 3 aromatic rings. The van der Waals surface area contributed by atoms with Crippen LogP contribution in [0.3, 0.4) is 0 Å². The normalized spacial score (nSPS) is 10.4. The van der Waals surface area contributed by atoms with Crippen molar-refractivity contribution in [3.63, 3.8) is 0 Å².